The monoisotopic (exact) mass is 387 g/mol. The van der Waals surface area contributed by atoms with Crippen molar-refractivity contribution in [2.75, 3.05) is 6.61 Å². The maximum atomic E-state index is 12.9. The van der Waals surface area contributed by atoms with Crippen molar-refractivity contribution < 1.29 is 17.9 Å². The third-order valence-electron chi connectivity index (χ3n) is 4.73. The molecule has 3 rings (SSSR count). The molecular formula is C18H21ClF3N3O. The molecule has 0 spiro atoms. The van der Waals surface area contributed by atoms with Gasteiger partial charge in [-0.1, -0.05) is 38.4 Å². The van der Waals surface area contributed by atoms with Crippen LogP contribution in [-0.4, -0.2) is 27.5 Å². The van der Waals surface area contributed by atoms with E-state index in [-0.39, 0.29) is 37.2 Å². The minimum atomic E-state index is -4.16. The standard InChI is InChI=1S/C18H21ClF3N3O/c1-16(2,3)12-4-5-13(23-15(12)19)25-10-6-14(24-25)26-11-9-17(7-8-17)18(20,21)22/h4-6,10H,7-9,11H2,1-3H3. The Labute approximate surface area is 155 Å². The van der Waals surface area contributed by atoms with Gasteiger partial charge in [-0.3, -0.25) is 0 Å². The molecular weight excluding hydrogens is 367 g/mol. The lowest BCUT2D eigenvalue weighted by atomic mass is 9.88. The van der Waals surface area contributed by atoms with Crippen LogP contribution in [0.2, 0.25) is 5.15 Å². The van der Waals surface area contributed by atoms with Gasteiger partial charge in [0.15, 0.2) is 5.82 Å². The van der Waals surface area contributed by atoms with E-state index >= 15 is 0 Å². The van der Waals surface area contributed by atoms with Crippen LogP contribution in [0.15, 0.2) is 24.4 Å². The Morgan fingerprint density at radius 1 is 1.19 bits per heavy atom. The Hall–Kier alpha value is -1.76. The quantitative estimate of drug-likeness (QED) is 0.651. The van der Waals surface area contributed by atoms with Gasteiger partial charge in [0.25, 0.3) is 0 Å². The number of halogens is 4. The molecule has 2 aromatic heterocycles. The maximum absolute atomic E-state index is 12.9. The second-order valence-corrected chi connectivity index (χ2v) is 8.09. The molecule has 0 saturated heterocycles. The lowest BCUT2D eigenvalue weighted by molar-refractivity contribution is -0.190. The SMILES string of the molecule is CC(C)(C)c1ccc(-n2ccc(OCCC3(C(F)(F)F)CC3)n2)nc1Cl. The lowest BCUT2D eigenvalue weighted by Crippen LogP contribution is -2.26. The van der Waals surface area contributed by atoms with Crippen molar-refractivity contribution in [2.24, 2.45) is 5.41 Å². The highest BCUT2D eigenvalue weighted by atomic mass is 35.5. The Balaban J connectivity index is 1.64. The number of hydrogen-bond donors (Lipinski definition) is 0. The molecule has 0 aliphatic heterocycles. The van der Waals surface area contributed by atoms with Gasteiger partial charge >= 0.3 is 6.18 Å². The molecule has 0 amide bonds. The molecule has 26 heavy (non-hydrogen) atoms. The van der Waals surface area contributed by atoms with Crippen molar-refractivity contribution >= 4 is 11.6 Å². The maximum Gasteiger partial charge on any atom is 0.394 e. The van der Waals surface area contributed by atoms with Gasteiger partial charge in [0.05, 0.1) is 12.0 Å². The summed E-state index contributed by atoms with van der Waals surface area (Å²) in [4.78, 5) is 4.35. The number of alkyl halides is 3. The second kappa shape index (κ2) is 6.44. The molecule has 0 unspecified atom stereocenters. The average Bonchev–Trinajstić information content (AvgIpc) is 3.17. The fourth-order valence-electron chi connectivity index (χ4n) is 2.80. The van der Waals surface area contributed by atoms with Gasteiger partial charge in [-0.05, 0) is 36.3 Å². The molecule has 0 atom stereocenters. The summed E-state index contributed by atoms with van der Waals surface area (Å²) >= 11 is 6.26. The summed E-state index contributed by atoms with van der Waals surface area (Å²) < 4.78 is 45.6. The van der Waals surface area contributed by atoms with Crippen LogP contribution in [0.5, 0.6) is 5.88 Å². The number of hydrogen-bond acceptors (Lipinski definition) is 3. The molecule has 142 valence electrons. The zero-order chi connectivity index (χ0) is 19.2. The largest absolute Gasteiger partial charge is 0.477 e. The molecule has 0 aromatic carbocycles. The fourth-order valence-corrected chi connectivity index (χ4v) is 3.23. The van der Waals surface area contributed by atoms with E-state index in [2.05, 4.69) is 10.1 Å². The molecule has 1 aliphatic rings. The minimum absolute atomic E-state index is 0.0202. The summed E-state index contributed by atoms with van der Waals surface area (Å²) in [5.41, 5.74) is -0.764. The topological polar surface area (TPSA) is 39.9 Å². The average molecular weight is 388 g/mol. The summed E-state index contributed by atoms with van der Waals surface area (Å²) in [5, 5.41) is 4.60. The van der Waals surface area contributed by atoms with Gasteiger partial charge in [0.2, 0.25) is 5.88 Å². The summed E-state index contributed by atoms with van der Waals surface area (Å²) in [5.74, 6) is 0.785. The van der Waals surface area contributed by atoms with E-state index in [4.69, 9.17) is 16.3 Å². The number of nitrogens with zero attached hydrogens (tertiary/aromatic N) is 3. The summed E-state index contributed by atoms with van der Waals surface area (Å²) in [6.07, 6.45) is -2.21. The first-order chi connectivity index (χ1) is 12.0. The van der Waals surface area contributed by atoms with Crippen molar-refractivity contribution in [1.29, 1.82) is 0 Å². The lowest BCUT2D eigenvalue weighted by Gasteiger charge is -2.20. The van der Waals surface area contributed by atoms with Crippen molar-refractivity contribution in [3.63, 3.8) is 0 Å². The second-order valence-electron chi connectivity index (χ2n) is 7.73. The number of aromatic nitrogens is 3. The van der Waals surface area contributed by atoms with E-state index in [0.717, 1.165) is 5.56 Å². The van der Waals surface area contributed by atoms with Gasteiger partial charge in [0, 0.05) is 12.3 Å². The van der Waals surface area contributed by atoms with Crippen LogP contribution < -0.4 is 4.74 Å². The predicted octanol–water partition coefficient (Wildman–Crippen LogP) is 5.33. The summed E-state index contributed by atoms with van der Waals surface area (Å²) in [7, 11) is 0. The van der Waals surface area contributed by atoms with Gasteiger partial charge in [-0.2, -0.15) is 13.2 Å². The molecule has 2 heterocycles. The molecule has 0 N–H and O–H groups in total. The highest BCUT2D eigenvalue weighted by Crippen LogP contribution is 2.59. The Kier molecular flexibility index (Phi) is 4.71. The molecule has 2 aromatic rings. The number of pyridine rings is 1. The number of rotatable bonds is 5. The van der Waals surface area contributed by atoms with Crippen LogP contribution in [0, 0.1) is 5.41 Å². The summed E-state index contributed by atoms with van der Waals surface area (Å²) in [6.45, 7) is 6.11. The van der Waals surface area contributed by atoms with Crippen LogP contribution in [-0.2, 0) is 5.41 Å². The van der Waals surface area contributed by atoms with Crippen LogP contribution in [0.1, 0.15) is 45.6 Å². The van der Waals surface area contributed by atoms with Gasteiger partial charge in [-0.25, -0.2) is 9.67 Å². The first kappa shape index (κ1) is 19.0. The van der Waals surface area contributed by atoms with Crippen LogP contribution in [0.3, 0.4) is 0 Å². The smallest absolute Gasteiger partial charge is 0.394 e. The van der Waals surface area contributed by atoms with Gasteiger partial charge in [0.1, 0.15) is 5.15 Å². The fraction of sp³-hybridized carbons (Fsp3) is 0.556. The Morgan fingerprint density at radius 3 is 2.42 bits per heavy atom. The zero-order valence-corrected chi connectivity index (χ0v) is 15.7. The molecule has 1 aliphatic carbocycles. The molecule has 4 nitrogen and oxygen atoms in total. The normalized spacial score (nSPS) is 16.6. The van der Waals surface area contributed by atoms with Crippen LogP contribution in [0.4, 0.5) is 13.2 Å². The third kappa shape index (κ3) is 3.82. The highest BCUT2D eigenvalue weighted by Gasteiger charge is 2.62. The van der Waals surface area contributed by atoms with E-state index in [9.17, 15) is 13.2 Å². The molecule has 1 fully saturated rings. The highest BCUT2D eigenvalue weighted by molar-refractivity contribution is 6.30. The van der Waals surface area contributed by atoms with E-state index in [1.807, 2.05) is 26.8 Å². The van der Waals surface area contributed by atoms with Crippen LogP contribution >= 0.6 is 11.6 Å². The minimum Gasteiger partial charge on any atom is -0.477 e. The third-order valence-corrected chi connectivity index (χ3v) is 5.01. The van der Waals surface area contributed by atoms with Gasteiger partial charge in [-0.15, -0.1) is 5.10 Å². The number of ether oxygens (including phenoxy) is 1. The van der Waals surface area contributed by atoms with Crippen molar-refractivity contribution in [3.05, 3.63) is 35.1 Å². The molecule has 0 bridgehead atoms. The van der Waals surface area contributed by atoms with E-state index in [1.165, 1.54) is 4.68 Å². The predicted molar refractivity (Wildman–Crippen MR) is 92.9 cm³/mol. The molecule has 0 radical (unpaired) electrons. The van der Waals surface area contributed by atoms with Crippen molar-refractivity contribution in [3.8, 4) is 11.7 Å². The van der Waals surface area contributed by atoms with Crippen molar-refractivity contribution in [2.45, 2.75) is 51.6 Å². The Morgan fingerprint density at radius 2 is 1.88 bits per heavy atom. The van der Waals surface area contributed by atoms with Crippen molar-refractivity contribution in [1.82, 2.24) is 14.8 Å². The Bertz CT molecular complexity index is 792. The van der Waals surface area contributed by atoms with E-state index in [1.54, 1.807) is 18.3 Å². The zero-order valence-electron chi connectivity index (χ0n) is 14.9. The molecule has 1 saturated carbocycles. The van der Waals surface area contributed by atoms with E-state index < -0.39 is 11.6 Å². The van der Waals surface area contributed by atoms with E-state index in [0.29, 0.717) is 11.0 Å². The van der Waals surface area contributed by atoms with Crippen LogP contribution in [0.25, 0.3) is 5.82 Å². The first-order valence-electron chi connectivity index (χ1n) is 8.44. The molecule has 8 heteroatoms. The first-order valence-corrected chi connectivity index (χ1v) is 8.82. The summed E-state index contributed by atoms with van der Waals surface area (Å²) in [6, 6.07) is 5.29. The van der Waals surface area contributed by atoms with Gasteiger partial charge < -0.3 is 4.74 Å².